The number of urea groups is 1. The predicted molar refractivity (Wildman–Crippen MR) is 119 cm³/mol. The number of nitrogens with zero attached hydrogens (tertiary/aromatic N) is 1. The highest BCUT2D eigenvalue weighted by Gasteiger charge is 2.18. The molecule has 2 aromatic carbocycles. The number of anilines is 2. The summed E-state index contributed by atoms with van der Waals surface area (Å²) in [5, 5.41) is 5.47. The molecular formula is C23H31N3O4. The molecule has 0 fully saturated rings. The van der Waals surface area contributed by atoms with E-state index in [0.717, 1.165) is 24.9 Å². The van der Waals surface area contributed by atoms with E-state index in [1.807, 2.05) is 37.3 Å². The van der Waals surface area contributed by atoms with Crippen LogP contribution in [0, 0.1) is 0 Å². The van der Waals surface area contributed by atoms with E-state index in [4.69, 9.17) is 9.47 Å². The number of hydrogen-bond acceptors (Lipinski definition) is 4. The maximum Gasteiger partial charge on any atom is 0.419 e. The van der Waals surface area contributed by atoms with E-state index in [1.165, 1.54) is 0 Å². The number of ether oxygens (including phenoxy) is 2. The Morgan fingerprint density at radius 3 is 2.50 bits per heavy atom. The van der Waals surface area contributed by atoms with Crippen LogP contribution in [-0.4, -0.2) is 38.4 Å². The fourth-order valence-corrected chi connectivity index (χ4v) is 2.65. The zero-order chi connectivity index (χ0) is 21.6. The second-order valence-corrected chi connectivity index (χ2v) is 6.73. The summed E-state index contributed by atoms with van der Waals surface area (Å²) in [6.07, 6.45) is 2.39. The minimum atomic E-state index is -0.507. The van der Waals surface area contributed by atoms with Crippen LogP contribution in [0.1, 0.15) is 33.1 Å². The van der Waals surface area contributed by atoms with Gasteiger partial charge in [-0.1, -0.05) is 44.5 Å². The Morgan fingerprint density at radius 1 is 0.967 bits per heavy atom. The third-order valence-corrected chi connectivity index (χ3v) is 4.22. The number of para-hydroxylation sites is 1. The van der Waals surface area contributed by atoms with Gasteiger partial charge in [0, 0.05) is 30.6 Å². The first-order valence-electron chi connectivity index (χ1n) is 10.4. The van der Waals surface area contributed by atoms with Gasteiger partial charge in [0.25, 0.3) is 0 Å². The molecule has 0 heterocycles. The summed E-state index contributed by atoms with van der Waals surface area (Å²) in [5.41, 5.74) is 1.28. The SMILES string of the molecule is CCCCOCCN(C(=O)Oc1cccc(NC(=O)NCCC)c1)c1ccccc1. The van der Waals surface area contributed by atoms with Gasteiger partial charge in [-0.3, -0.25) is 4.90 Å². The van der Waals surface area contributed by atoms with Crippen LogP contribution in [0.15, 0.2) is 54.6 Å². The lowest BCUT2D eigenvalue weighted by Crippen LogP contribution is -2.36. The molecule has 3 amide bonds. The van der Waals surface area contributed by atoms with E-state index in [-0.39, 0.29) is 6.03 Å². The second-order valence-electron chi connectivity index (χ2n) is 6.73. The van der Waals surface area contributed by atoms with Crippen molar-refractivity contribution in [2.24, 2.45) is 0 Å². The minimum Gasteiger partial charge on any atom is -0.410 e. The molecule has 0 saturated carbocycles. The summed E-state index contributed by atoms with van der Waals surface area (Å²) in [6, 6.07) is 15.8. The third-order valence-electron chi connectivity index (χ3n) is 4.22. The standard InChI is InChI=1S/C23H31N3O4/c1-3-5-16-29-17-15-26(20-11-7-6-8-12-20)23(28)30-21-13-9-10-19(18-21)25-22(27)24-14-4-2/h6-13,18H,3-5,14-17H2,1-2H3,(H2,24,25,27). The van der Waals surface area contributed by atoms with E-state index in [9.17, 15) is 9.59 Å². The fraction of sp³-hybridized carbons (Fsp3) is 0.391. The number of rotatable bonds is 11. The molecule has 30 heavy (non-hydrogen) atoms. The zero-order valence-electron chi connectivity index (χ0n) is 17.7. The van der Waals surface area contributed by atoms with Gasteiger partial charge in [0.15, 0.2) is 0 Å². The van der Waals surface area contributed by atoms with Crippen LogP contribution in [0.3, 0.4) is 0 Å². The summed E-state index contributed by atoms with van der Waals surface area (Å²) in [6.45, 7) is 6.14. The zero-order valence-corrected chi connectivity index (χ0v) is 17.7. The smallest absolute Gasteiger partial charge is 0.410 e. The molecule has 162 valence electrons. The molecule has 0 aromatic heterocycles. The molecule has 0 bridgehead atoms. The van der Waals surface area contributed by atoms with Gasteiger partial charge in [-0.25, -0.2) is 9.59 Å². The predicted octanol–water partition coefficient (Wildman–Crippen LogP) is 5.04. The first kappa shape index (κ1) is 23.2. The molecule has 2 N–H and O–H groups in total. The highest BCUT2D eigenvalue weighted by Crippen LogP contribution is 2.20. The van der Waals surface area contributed by atoms with E-state index in [0.29, 0.717) is 37.7 Å². The van der Waals surface area contributed by atoms with E-state index < -0.39 is 6.09 Å². The molecule has 0 radical (unpaired) electrons. The normalized spacial score (nSPS) is 10.3. The van der Waals surface area contributed by atoms with Crippen molar-refractivity contribution in [3.8, 4) is 5.75 Å². The number of carbonyl (C=O) groups excluding carboxylic acids is 2. The number of unbranched alkanes of at least 4 members (excludes halogenated alkanes) is 1. The number of carbonyl (C=O) groups is 2. The van der Waals surface area contributed by atoms with Gasteiger partial charge in [-0.05, 0) is 37.1 Å². The number of amides is 3. The summed E-state index contributed by atoms with van der Waals surface area (Å²) in [5.74, 6) is 0.348. The average molecular weight is 414 g/mol. The molecule has 0 aliphatic carbocycles. The van der Waals surface area contributed by atoms with Gasteiger partial charge >= 0.3 is 12.1 Å². The van der Waals surface area contributed by atoms with Crippen LogP contribution in [0.2, 0.25) is 0 Å². The van der Waals surface area contributed by atoms with E-state index in [2.05, 4.69) is 17.6 Å². The Morgan fingerprint density at radius 2 is 1.77 bits per heavy atom. The van der Waals surface area contributed by atoms with Crippen LogP contribution < -0.4 is 20.3 Å². The Labute approximate surface area is 178 Å². The van der Waals surface area contributed by atoms with Crippen LogP contribution in [-0.2, 0) is 4.74 Å². The summed E-state index contributed by atoms with van der Waals surface area (Å²) in [7, 11) is 0. The Kier molecular flexibility index (Phi) is 10.2. The molecule has 7 nitrogen and oxygen atoms in total. The summed E-state index contributed by atoms with van der Waals surface area (Å²) >= 11 is 0. The van der Waals surface area contributed by atoms with Gasteiger partial charge in [-0.15, -0.1) is 0 Å². The van der Waals surface area contributed by atoms with Gasteiger partial charge < -0.3 is 20.1 Å². The van der Waals surface area contributed by atoms with Crippen molar-refractivity contribution in [3.63, 3.8) is 0 Å². The largest absolute Gasteiger partial charge is 0.419 e. The van der Waals surface area contributed by atoms with E-state index in [1.54, 1.807) is 29.2 Å². The maximum atomic E-state index is 12.9. The Balaban J connectivity index is 2.02. The number of nitrogens with one attached hydrogen (secondary N) is 2. The minimum absolute atomic E-state index is 0.296. The molecule has 7 heteroatoms. The highest BCUT2D eigenvalue weighted by atomic mass is 16.6. The molecule has 0 unspecified atom stereocenters. The van der Waals surface area contributed by atoms with Crippen LogP contribution in [0.25, 0.3) is 0 Å². The maximum absolute atomic E-state index is 12.9. The van der Waals surface area contributed by atoms with Crippen molar-refractivity contribution in [1.29, 1.82) is 0 Å². The highest BCUT2D eigenvalue weighted by molar-refractivity contribution is 5.91. The van der Waals surface area contributed by atoms with Crippen molar-refractivity contribution in [2.75, 3.05) is 36.5 Å². The Bertz CT molecular complexity index is 783. The molecule has 0 aliphatic heterocycles. The first-order valence-corrected chi connectivity index (χ1v) is 10.4. The summed E-state index contributed by atoms with van der Waals surface area (Å²) in [4.78, 5) is 26.2. The molecule has 0 spiro atoms. The molecular weight excluding hydrogens is 382 g/mol. The third kappa shape index (κ3) is 8.13. The van der Waals surface area contributed by atoms with Gasteiger partial charge in [0.2, 0.25) is 0 Å². The lowest BCUT2D eigenvalue weighted by Gasteiger charge is -2.22. The van der Waals surface area contributed by atoms with Crippen LogP contribution in [0.5, 0.6) is 5.75 Å². The van der Waals surface area contributed by atoms with Crippen molar-refractivity contribution in [1.82, 2.24) is 5.32 Å². The van der Waals surface area contributed by atoms with E-state index >= 15 is 0 Å². The van der Waals surface area contributed by atoms with Crippen molar-refractivity contribution >= 4 is 23.5 Å². The molecule has 2 rings (SSSR count). The Hall–Kier alpha value is -3.06. The second kappa shape index (κ2) is 13.2. The number of hydrogen-bond donors (Lipinski definition) is 2. The fourth-order valence-electron chi connectivity index (χ4n) is 2.65. The lowest BCUT2D eigenvalue weighted by molar-refractivity contribution is 0.135. The van der Waals surface area contributed by atoms with Gasteiger partial charge in [0.05, 0.1) is 13.2 Å². The molecule has 0 atom stereocenters. The monoisotopic (exact) mass is 413 g/mol. The van der Waals surface area contributed by atoms with Crippen LogP contribution in [0.4, 0.5) is 21.0 Å². The van der Waals surface area contributed by atoms with Crippen molar-refractivity contribution < 1.29 is 19.1 Å². The molecule has 0 aliphatic rings. The van der Waals surface area contributed by atoms with Crippen LogP contribution >= 0.6 is 0 Å². The lowest BCUT2D eigenvalue weighted by atomic mass is 10.3. The average Bonchev–Trinajstić information content (AvgIpc) is 2.75. The summed E-state index contributed by atoms with van der Waals surface area (Å²) < 4.78 is 11.2. The number of benzene rings is 2. The van der Waals surface area contributed by atoms with Crippen molar-refractivity contribution in [2.45, 2.75) is 33.1 Å². The molecule has 0 saturated heterocycles. The van der Waals surface area contributed by atoms with Crippen molar-refractivity contribution in [3.05, 3.63) is 54.6 Å². The first-order chi connectivity index (χ1) is 14.6. The topological polar surface area (TPSA) is 79.9 Å². The molecule has 2 aromatic rings. The van der Waals surface area contributed by atoms with Gasteiger partial charge in [-0.2, -0.15) is 0 Å². The quantitative estimate of drug-likeness (QED) is 0.506. The van der Waals surface area contributed by atoms with Gasteiger partial charge in [0.1, 0.15) is 5.75 Å².